The van der Waals surface area contributed by atoms with Crippen molar-refractivity contribution >= 4 is 0 Å². The Hall–Kier alpha value is -0.600. The van der Waals surface area contributed by atoms with Crippen molar-refractivity contribution in [3.63, 3.8) is 0 Å². The first-order valence-electron chi connectivity index (χ1n) is 13.5. The number of rotatable bonds is 0. The predicted octanol–water partition coefficient (Wildman–Crippen LogP) is 6.92. The summed E-state index contributed by atoms with van der Waals surface area (Å²) in [6, 6.07) is 0. The summed E-state index contributed by atoms with van der Waals surface area (Å²) in [6.45, 7) is 19.6. The maximum absolute atomic E-state index is 11.4. The Balaban J connectivity index is 1.64. The molecule has 2 heteroatoms. The molecule has 0 radical (unpaired) electrons. The third-order valence-corrected chi connectivity index (χ3v) is 12.9. The monoisotopic (exact) mass is 440 g/mol. The van der Waals surface area contributed by atoms with Gasteiger partial charge in [0.25, 0.3) is 0 Å². The molecule has 180 valence electrons. The Bertz CT molecular complexity index is 868. The summed E-state index contributed by atoms with van der Waals surface area (Å²) in [7, 11) is 0. The summed E-state index contributed by atoms with van der Waals surface area (Å²) in [5.74, 6) is 2.59. The fourth-order valence-electron chi connectivity index (χ4n) is 10.2. The lowest BCUT2D eigenvalue weighted by molar-refractivity contribution is -0.165. The fraction of sp³-hybridized carbons (Fsp3) is 0.867. The molecule has 0 aromatic rings. The van der Waals surface area contributed by atoms with E-state index in [0.717, 1.165) is 30.6 Å². The molecule has 2 nitrogen and oxygen atoms in total. The first kappa shape index (κ1) is 23.2. The lowest BCUT2D eigenvalue weighted by Crippen LogP contribution is -2.63. The molecule has 5 rings (SSSR count). The standard InChI is InChI=1S/C30H48O2/c1-18-11-13-27(5)15-16-28(6)20-9-10-22-26(3,4)23(31)17-24(32)30(22,8)21(20)12-14-29(28,7)25(27)19(18)2/h9,12,18-19,22-25,31-32H,10-11,13-17H2,1-8H3. The smallest absolute Gasteiger partial charge is 0.0661 e. The second kappa shape index (κ2) is 6.75. The maximum atomic E-state index is 11.4. The van der Waals surface area contributed by atoms with Crippen LogP contribution in [-0.2, 0) is 0 Å². The second-order valence-corrected chi connectivity index (χ2v) is 14.4. The van der Waals surface area contributed by atoms with Gasteiger partial charge in [-0.3, -0.25) is 0 Å². The van der Waals surface area contributed by atoms with Gasteiger partial charge >= 0.3 is 0 Å². The molecule has 32 heavy (non-hydrogen) atoms. The molecule has 0 bridgehead atoms. The van der Waals surface area contributed by atoms with Crippen LogP contribution in [0.4, 0.5) is 0 Å². The van der Waals surface area contributed by atoms with Crippen LogP contribution in [0.3, 0.4) is 0 Å². The number of aliphatic hydroxyl groups is 2. The molecule has 5 aliphatic rings. The molecule has 0 saturated heterocycles. The van der Waals surface area contributed by atoms with E-state index in [2.05, 4.69) is 67.5 Å². The zero-order chi connectivity index (χ0) is 23.5. The topological polar surface area (TPSA) is 40.5 Å². The summed E-state index contributed by atoms with van der Waals surface area (Å²) in [5, 5.41) is 22.3. The van der Waals surface area contributed by atoms with Crippen molar-refractivity contribution in [3.8, 4) is 0 Å². The van der Waals surface area contributed by atoms with E-state index >= 15 is 0 Å². The van der Waals surface area contributed by atoms with E-state index in [0.29, 0.717) is 11.8 Å². The van der Waals surface area contributed by atoms with E-state index in [1.165, 1.54) is 31.3 Å². The maximum Gasteiger partial charge on any atom is 0.0661 e. The first-order chi connectivity index (χ1) is 14.7. The minimum absolute atomic E-state index is 0.167. The third-order valence-electron chi connectivity index (χ3n) is 12.9. The molecule has 3 fully saturated rings. The van der Waals surface area contributed by atoms with Crippen LogP contribution in [0.15, 0.2) is 23.3 Å². The number of hydrogen-bond donors (Lipinski definition) is 2. The van der Waals surface area contributed by atoms with Gasteiger partial charge in [0.05, 0.1) is 12.2 Å². The van der Waals surface area contributed by atoms with Crippen molar-refractivity contribution in [2.24, 2.45) is 50.7 Å². The van der Waals surface area contributed by atoms with Gasteiger partial charge in [0.15, 0.2) is 0 Å². The van der Waals surface area contributed by atoms with Gasteiger partial charge in [0.2, 0.25) is 0 Å². The molecule has 0 aromatic heterocycles. The molecule has 0 aliphatic heterocycles. The molecule has 5 aliphatic carbocycles. The Morgan fingerprint density at radius 3 is 2.22 bits per heavy atom. The second-order valence-electron chi connectivity index (χ2n) is 14.4. The highest BCUT2D eigenvalue weighted by atomic mass is 16.3. The van der Waals surface area contributed by atoms with Crippen LogP contribution < -0.4 is 0 Å². The normalized spacial score (nSPS) is 56.7. The summed E-state index contributed by atoms with van der Waals surface area (Å²) in [5.41, 5.74) is 3.44. The van der Waals surface area contributed by atoms with Gasteiger partial charge in [-0.2, -0.15) is 0 Å². The van der Waals surface area contributed by atoms with E-state index in [1.807, 2.05) is 0 Å². The van der Waals surface area contributed by atoms with Crippen LogP contribution in [-0.4, -0.2) is 22.4 Å². The Morgan fingerprint density at radius 2 is 1.53 bits per heavy atom. The van der Waals surface area contributed by atoms with E-state index in [4.69, 9.17) is 0 Å². The SMILES string of the molecule is CC1CCC2(C)CCC3(C)C4=CCC5C(C)(C)C(O)CC(O)C5(C)C4=CCC3(C)C2C1C. The summed E-state index contributed by atoms with van der Waals surface area (Å²) in [4.78, 5) is 0. The quantitative estimate of drug-likeness (QED) is 0.429. The number of allylic oxidation sites excluding steroid dienone is 3. The lowest BCUT2D eigenvalue weighted by atomic mass is 9.35. The van der Waals surface area contributed by atoms with Gasteiger partial charge in [-0.15, -0.1) is 0 Å². The molecule has 0 heterocycles. The number of aliphatic hydroxyl groups excluding tert-OH is 2. The van der Waals surface area contributed by atoms with Crippen LogP contribution in [0, 0.1) is 50.7 Å². The Kier molecular flexibility index (Phi) is 4.88. The Morgan fingerprint density at radius 1 is 0.844 bits per heavy atom. The molecule has 3 saturated carbocycles. The van der Waals surface area contributed by atoms with Crippen molar-refractivity contribution in [1.29, 1.82) is 0 Å². The van der Waals surface area contributed by atoms with Crippen LogP contribution in [0.25, 0.3) is 0 Å². The minimum atomic E-state index is -0.471. The molecule has 0 aromatic carbocycles. The average Bonchev–Trinajstić information content (AvgIpc) is 2.71. The Labute approximate surface area is 197 Å². The molecular weight excluding hydrogens is 392 g/mol. The number of fused-ring (bicyclic) bond motifs is 7. The van der Waals surface area contributed by atoms with E-state index in [9.17, 15) is 10.2 Å². The van der Waals surface area contributed by atoms with Gasteiger partial charge in [-0.1, -0.05) is 67.5 Å². The van der Waals surface area contributed by atoms with Crippen molar-refractivity contribution in [2.75, 3.05) is 0 Å². The summed E-state index contributed by atoms with van der Waals surface area (Å²) >= 11 is 0. The average molecular weight is 441 g/mol. The van der Waals surface area contributed by atoms with Crippen molar-refractivity contribution in [3.05, 3.63) is 23.3 Å². The molecular formula is C30H48O2. The van der Waals surface area contributed by atoms with Gasteiger partial charge in [-0.05, 0) is 95.0 Å². The van der Waals surface area contributed by atoms with E-state index in [1.54, 1.807) is 5.57 Å². The van der Waals surface area contributed by atoms with Gasteiger partial charge in [0, 0.05) is 11.8 Å². The summed E-state index contributed by atoms with van der Waals surface area (Å²) < 4.78 is 0. The molecule has 10 atom stereocenters. The zero-order valence-corrected chi connectivity index (χ0v) is 22.0. The first-order valence-corrected chi connectivity index (χ1v) is 13.5. The highest BCUT2D eigenvalue weighted by Crippen LogP contribution is 2.74. The van der Waals surface area contributed by atoms with E-state index < -0.39 is 12.2 Å². The van der Waals surface area contributed by atoms with E-state index in [-0.39, 0.29) is 27.6 Å². The van der Waals surface area contributed by atoms with Crippen LogP contribution in [0.5, 0.6) is 0 Å². The van der Waals surface area contributed by atoms with Crippen LogP contribution >= 0.6 is 0 Å². The van der Waals surface area contributed by atoms with Crippen LogP contribution in [0.2, 0.25) is 0 Å². The predicted molar refractivity (Wildman–Crippen MR) is 132 cm³/mol. The van der Waals surface area contributed by atoms with Crippen molar-refractivity contribution in [2.45, 2.75) is 113 Å². The van der Waals surface area contributed by atoms with Gasteiger partial charge < -0.3 is 10.2 Å². The minimum Gasteiger partial charge on any atom is -0.392 e. The lowest BCUT2D eigenvalue weighted by Gasteiger charge is -2.69. The van der Waals surface area contributed by atoms with Crippen LogP contribution in [0.1, 0.15) is 100 Å². The third kappa shape index (κ3) is 2.55. The molecule has 10 unspecified atom stereocenters. The highest BCUT2D eigenvalue weighted by Gasteiger charge is 2.67. The highest BCUT2D eigenvalue weighted by molar-refractivity contribution is 5.50. The molecule has 0 spiro atoms. The zero-order valence-electron chi connectivity index (χ0n) is 22.0. The largest absolute Gasteiger partial charge is 0.392 e. The summed E-state index contributed by atoms with van der Waals surface area (Å²) in [6.07, 6.45) is 12.2. The fourth-order valence-corrected chi connectivity index (χ4v) is 10.2. The molecule has 0 amide bonds. The van der Waals surface area contributed by atoms with Crippen molar-refractivity contribution in [1.82, 2.24) is 0 Å². The van der Waals surface area contributed by atoms with Gasteiger partial charge in [0.1, 0.15) is 0 Å². The van der Waals surface area contributed by atoms with Crippen molar-refractivity contribution < 1.29 is 10.2 Å². The molecule has 2 N–H and O–H groups in total. The number of hydrogen-bond acceptors (Lipinski definition) is 2. The van der Waals surface area contributed by atoms with Gasteiger partial charge in [-0.25, -0.2) is 0 Å².